The Kier molecular flexibility index (Phi) is 4.35. The van der Waals surface area contributed by atoms with E-state index in [0.717, 1.165) is 31.6 Å². The van der Waals surface area contributed by atoms with Gasteiger partial charge in [0, 0.05) is 19.1 Å². The van der Waals surface area contributed by atoms with Crippen molar-refractivity contribution in [3.63, 3.8) is 0 Å². The van der Waals surface area contributed by atoms with Gasteiger partial charge in [-0.25, -0.2) is 4.68 Å². The van der Waals surface area contributed by atoms with Gasteiger partial charge in [0.25, 0.3) is 5.91 Å². The molecule has 3 rings (SSSR count). The second-order valence-corrected chi connectivity index (χ2v) is 5.68. The maximum atomic E-state index is 12.6. The van der Waals surface area contributed by atoms with Crippen molar-refractivity contribution in [2.75, 3.05) is 20.1 Å². The lowest BCUT2D eigenvalue weighted by molar-refractivity contribution is 0.0707. The Labute approximate surface area is 133 Å². The van der Waals surface area contributed by atoms with Crippen LogP contribution in [-0.4, -0.2) is 57.2 Å². The fraction of sp³-hybridized carbons (Fsp3) is 0.429. The molecule has 1 aliphatic rings. The van der Waals surface area contributed by atoms with Crippen LogP contribution in [0.25, 0.3) is 5.69 Å². The molecular formula is C14H17ClN6O. The van der Waals surface area contributed by atoms with Crippen LogP contribution in [0, 0.1) is 0 Å². The summed E-state index contributed by atoms with van der Waals surface area (Å²) in [5.41, 5.74) is 1.24. The van der Waals surface area contributed by atoms with Crippen LogP contribution in [0.2, 0.25) is 5.02 Å². The minimum absolute atomic E-state index is 0.0252. The molecule has 0 unspecified atom stereocenters. The molecule has 0 saturated carbocycles. The van der Waals surface area contributed by atoms with E-state index in [0.29, 0.717) is 16.6 Å². The smallest absolute Gasteiger partial charge is 0.255 e. The summed E-state index contributed by atoms with van der Waals surface area (Å²) >= 11 is 6.27. The van der Waals surface area contributed by atoms with E-state index in [4.69, 9.17) is 11.6 Å². The van der Waals surface area contributed by atoms with Crippen molar-refractivity contribution in [1.29, 1.82) is 0 Å². The Morgan fingerprint density at radius 2 is 2.14 bits per heavy atom. The monoisotopic (exact) mass is 320 g/mol. The number of aromatic nitrogens is 4. The second-order valence-electron chi connectivity index (χ2n) is 5.27. The van der Waals surface area contributed by atoms with Crippen LogP contribution < -0.4 is 5.32 Å². The van der Waals surface area contributed by atoms with Crippen molar-refractivity contribution < 1.29 is 4.79 Å². The molecule has 1 aromatic heterocycles. The number of hydrogen-bond acceptors (Lipinski definition) is 5. The highest BCUT2D eigenvalue weighted by Gasteiger charge is 2.24. The molecule has 0 bridgehead atoms. The van der Waals surface area contributed by atoms with Crippen LogP contribution in [-0.2, 0) is 0 Å². The average Bonchev–Trinajstić information content (AvgIpc) is 3.09. The zero-order valence-corrected chi connectivity index (χ0v) is 13.0. The third-order valence-electron chi connectivity index (χ3n) is 3.99. The SMILES string of the molecule is CNC1CCN(C(=O)c2ccc(-n3cnnn3)cc2Cl)CC1. The second kappa shape index (κ2) is 6.41. The van der Waals surface area contributed by atoms with Crippen molar-refractivity contribution in [2.24, 2.45) is 0 Å². The molecule has 1 amide bonds. The molecule has 7 nitrogen and oxygen atoms in total. The third-order valence-corrected chi connectivity index (χ3v) is 4.30. The molecule has 1 fully saturated rings. The van der Waals surface area contributed by atoms with Gasteiger partial charge >= 0.3 is 0 Å². The number of piperidine rings is 1. The van der Waals surface area contributed by atoms with E-state index in [9.17, 15) is 4.79 Å². The number of likely N-dealkylation sites (tertiary alicyclic amines) is 1. The molecule has 0 aliphatic carbocycles. The highest BCUT2D eigenvalue weighted by molar-refractivity contribution is 6.34. The van der Waals surface area contributed by atoms with Crippen molar-refractivity contribution in [3.05, 3.63) is 35.1 Å². The first kappa shape index (κ1) is 14.9. The number of carbonyl (C=O) groups is 1. The fourth-order valence-electron chi connectivity index (χ4n) is 2.64. The molecule has 116 valence electrons. The summed E-state index contributed by atoms with van der Waals surface area (Å²) in [5.74, 6) is -0.0252. The van der Waals surface area contributed by atoms with Gasteiger partial charge in [-0.2, -0.15) is 0 Å². The zero-order valence-electron chi connectivity index (χ0n) is 12.2. The number of hydrogen-bond donors (Lipinski definition) is 1. The van der Waals surface area contributed by atoms with Crippen LogP contribution in [0.4, 0.5) is 0 Å². The Bertz CT molecular complexity index is 651. The normalized spacial score (nSPS) is 16.0. The molecule has 1 aliphatic heterocycles. The molecule has 0 spiro atoms. The standard InChI is InChI=1S/C14H17ClN6O/c1-16-10-4-6-20(7-5-10)14(22)12-3-2-11(8-13(12)15)21-9-17-18-19-21/h2-3,8-10,16H,4-7H2,1H3. The maximum absolute atomic E-state index is 12.6. The van der Waals surface area contributed by atoms with Gasteiger partial charge in [0.1, 0.15) is 6.33 Å². The van der Waals surface area contributed by atoms with Gasteiger partial charge < -0.3 is 10.2 Å². The fourth-order valence-corrected chi connectivity index (χ4v) is 2.90. The number of nitrogens with zero attached hydrogens (tertiary/aromatic N) is 5. The van der Waals surface area contributed by atoms with Gasteiger partial charge in [-0.05, 0) is 48.5 Å². The number of rotatable bonds is 3. The number of benzene rings is 1. The van der Waals surface area contributed by atoms with Gasteiger partial charge in [-0.3, -0.25) is 4.79 Å². The van der Waals surface area contributed by atoms with Crippen molar-refractivity contribution >= 4 is 17.5 Å². The summed E-state index contributed by atoms with van der Waals surface area (Å²) in [4.78, 5) is 14.4. The lowest BCUT2D eigenvalue weighted by atomic mass is 10.0. The van der Waals surface area contributed by atoms with Gasteiger partial charge in [0.2, 0.25) is 0 Å². The molecule has 0 radical (unpaired) electrons. The lowest BCUT2D eigenvalue weighted by Crippen LogP contribution is -2.44. The van der Waals surface area contributed by atoms with Gasteiger partial charge in [0.15, 0.2) is 0 Å². The van der Waals surface area contributed by atoms with Crippen LogP contribution in [0.1, 0.15) is 23.2 Å². The first-order valence-electron chi connectivity index (χ1n) is 7.18. The Morgan fingerprint density at radius 1 is 1.36 bits per heavy atom. The molecule has 0 atom stereocenters. The molecule has 2 heterocycles. The van der Waals surface area contributed by atoms with Gasteiger partial charge in [0.05, 0.1) is 16.3 Å². The number of carbonyl (C=O) groups excluding carboxylic acids is 1. The van der Waals surface area contributed by atoms with Crippen molar-refractivity contribution in [3.8, 4) is 5.69 Å². The molecule has 22 heavy (non-hydrogen) atoms. The van der Waals surface area contributed by atoms with Crippen LogP contribution in [0.5, 0.6) is 0 Å². The summed E-state index contributed by atoms with van der Waals surface area (Å²) in [6.07, 6.45) is 3.40. The number of amides is 1. The van der Waals surface area contributed by atoms with E-state index in [2.05, 4.69) is 20.8 Å². The summed E-state index contributed by atoms with van der Waals surface area (Å²) < 4.78 is 1.50. The van der Waals surface area contributed by atoms with Crippen LogP contribution in [0.15, 0.2) is 24.5 Å². The first-order chi connectivity index (χ1) is 10.7. The number of nitrogens with one attached hydrogen (secondary N) is 1. The zero-order chi connectivity index (χ0) is 15.5. The minimum Gasteiger partial charge on any atom is -0.338 e. The molecule has 8 heteroatoms. The Hall–Kier alpha value is -1.99. The quantitative estimate of drug-likeness (QED) is 0.918. The Morgan fingerprint density at radius 3 is 2.73 bits per heavy atom. The first-order valence-corrected chi connectivity index (χ1v) is 7.56. The summed E-state index contributed by atoms with van der Waals surface area (Å²) in [6.45, 7) is 1.49. The predicted octanol–water partition coefficient (Wildman–Crippen LogP) is 1.14. The van der Waals surface area contributed by atoms with E-state index >= 15 is 0 Å². The summed E-state index contributed by atoms with van der Waals surface area (Å²) in [5, 5.41) is 14.6. The molecule has 1 N–H and O–H groups in total. The molecular weight excluding hydrogens is 304 g/mol. The molecule has 1 saturated heterocycles. The van der Waals surface area contributed by atoms with Crippen molar-refractivity contribution in [1.82, 2.24) is 30.4 Å². The van der Waals surface area contributed by atoms with E-state index in [-0.39, 0.29) is 5.91 Å². The summed E-state index contributed by atoms with van der Waals surface area (Å²) in [6, 6.07) is 5.70. The van der Waals surface area contributed by atoms with E-state index in [1.807, 2.05) is 11.9 Å². The average molecular weight is 321 g/mol. The number of tetrazole rings is 1. The third kappa shape index (κ3) is 2.95. The summed E-state index contributed by atoms with van der Waals surface area (Å²) in [7, 11) is 1.96. The minimum atomic E-state index is -0.0252. The van der Waals surface area contributed by atoms with Crippen LogP contribution in [0.3, 0.4) is 0 Å². The Balaban J connectivity index is 1.76. The highest BCUT2D eigenvalue weighted by Crippen LogP contribution is 2.23. The van der Waals surface area contributed by atoms with Crippen LogP contribution >= 0.6 is 11.6 Å². The van der Waals surface area contributed by atoms with Gasteiger partial charge in [-0.1, -0.05) is 11.6 Å². The van der Waals surface area contributed by atoms with Gasteiger partial charge in [-0.15, -0.1) is 5.10 Å². The lowest BCUT2D eigenvalue weighted by Gasteiger charge is -2.32. The number of halogens is 1. The highest BCUT2D eigenvalue weighted by atomic mass is 35.5. The van der Waals surface area contributed by atoms with E-state index < -0.39 is 0 Å². The van der Waals surface area contributed by atoms with Crippen molar-refractivity contribution in [2.45, 2.75) is 18.9 Å². The topological polar surface area (TPSA) is 75.9 Å². The molecule has 2 aromatic rings. The maximum Gasteiger partial charge on any atom is 0.255 e. The predicted molar refractivity (Wildman–Crippen MR) is 82.1 cm³/mol. The molecule has 1 aromatic carbocycles. The largest absolute Gasteiger partial charge is 0.338 e. The van der Waals surface area contributed by atoms with E-state index in [1.165, 1.54) is 11.0 Å². The van der Waals surface area contributed by atoms with E-state index in [1.54, 1.807) is 18.2 Å².